The third kappa shape index (κ3) is 4.30. The minimum atomic E-state index is -1.43. The number of fused-ring (bicyclic) bond motifs is 1. The van der Waals surface area contributed by atoms with Crippen molar-refractivity contribution in [2.75, 3.05) is 0 Å². The molecule has 1 aromatic heterocycles. The number of carbonyl (C=O) groups is 2. The van der Waals surface area contributed by atoms with Crippen LogP contribution in [-0.2, 0) is 28.5 Å². The van der Waals surface area contributed by atoms with Crippen molar-refractivity contribution in [2.45, 2.75) is 77.2 Å². The van der Waals surface area contributed by atoms with Gasteiger partial charge in [-0.1, -0.05) is 0 Å². The van der Waals surface area contributed by atoms with Crippen molar-refractivity contribution in [3.63, 3.8) is 0 Å². The maximum absolute atomic E-state index is 12.0. The first-order chi connectivity index (χ1) is 15.9. The van der Waals surface area contributed by atoms with Gasteiger partial charge >= 0.3 is 11.9 Å². The van der Waals surface area contributed by atoms with Crippen LogP contribution >= 0.6 is 0 Å². The molecule has 1 aliphatic carbocycles. The fraction of sp³-hybridized carbons (Fsp3) is 0.560. The number of carbonyl (C=O) groups excluding carboxylic acids is 2. The highest BCUT2D eigenvalue weighted by atomic mass is 16.6. The number of pyridine rings is 1. The highest BCUT2D eigenvalue weighted by Crippen LogP contribution is 2.53. The second-order valence-electron chi connectivity index (χ2n) is 9.84. The lowest BCUT2D eigenvalue weighted by atomic mass is 9.62. The van der Waals surface area contributed by atoms with Crippen molar-refractivity contribution in [1.29, 1.82) is 0 Å². The molecule has 0 amide bonds. The number of nitrogens with zero attached hydrogens (tertiary/aromatic N) is 1. The van der Waals surface area contributed by atoms with Gasteiger partial charge in [0.2, 0.25) is 6.29 Å². The Bertz CT molecular complexity index is 1030. The number of hydrogen-bond donors (Lipinski definition) is 2. The number of aromatic nitrogens is 1. The van der Waals surface area contributed by atoms with Gasteiger partial charge in [-0.25, -0.2) is 0 Å². The Morgan fingerprint density at radius 3 is 2.56 bits per heavy atom. The molecule has 1 aromatic rings. The van der Waals surface area contributed by atoms with E-state index in [0.717, 1.165) is 0 Å². The Hall–Kier alpha value is -2.91. The van der Waals surface area contributed by atoms with Crippen LogP contribution in [0.1, 0.15) is 53.0 Å². The van der Waals surface area contributed by atoms with Crippen LogP contribution in [0.25, 0.3) is 5.76 Å². The second-order valence-corrected chi connectivity index (χ2v) is 9.84. The molecule has 2 N–H and O–H groups in total. The number of rotatable bonds is 4. The molecule has 1 saturated carbocycles. The van der Waals surface area contributed by atoms with Gasteiger partial charge < -0.3 is 29.2 Å². The fourth-order valence-electron chi connectivity index (χ4n) is 5.37. The molecule has 1 fully saturated rings. The van der Waals surface area contributed by atoms with Gasteiger partial charge in [-0.2, -0.15) is 0 Å². The van der Waals surface area contributed by atoms with E-state index in [2.05, 4.69) is 4.98 Å². The number of hydrogen-bond acceptors (Lipinski definition) is 9. The van der Waals surface area contributed by atoms with E-state index in [9.17, 15) is 19.8 Å². The Morgan fingerprint density at radius 1 is 1.21 bits per heavy atom. The lowest BCUT2D eigenvalue weighted by Crippen LogP contribution is -2.63. The molecule has 6 atom stereocenters. The van der Waals surface area contributed by atoms with E-state index >= 15 is 0 Å². The van der Waals surface area contributed by atoms with Crippen LogP contribution < -0.4 is 0 Å². The molecule has 0 bridgehead atoms. The van der Waals surface area contributed by atoms with E-state index in [1.165, 1.54) is 13.8 Å². The standard InChI is InChI=1S/C25H31NO8/c1-13(27)31-20-10-16(24(3,4)33-14(2)28)9-17-22(29)21-19(34-25(17,20)5)11-18(32-23(21)30)15-7-6-8-26-12-15/h6-8,11-12,16-17,20,22-23,29-30H,9-10H2,1-5H3/t16-,17-,20-,22-,23?,25-/m0/s1. The molecule has 3 heterocycles. The summed E-state index contributed by atoms with van der Waals surface area (Å²) in [6, 6.07) is 3.53. The van der Waals surface area contributed by atoms with Gasteiger partial charge in [-0.05, 0) is 45.7 Å². The largest absolute Gasteiger partial charge is 0.483 e. The summed E-state index contributed by atoms with van der Waals surface area (Å²) < 4.78 is 23.4. The van der Waals surface area contributed by atoms with Crippen molar-refractivity contribution < 1.29 is 38.7 Å². The van der Waals surface area contributed by atoms with Crippen molar-refractivity contribution in [3.8, 4) is 0 Å². The molecule has 0 saturated heterocycles. The second kappa shape index (κ2) is 8.70. The van der Waals surface area contributed by atoms with Gasteiger partial charge in [0.1, 0.15) is 28.8 Å². The van der Waals surface area contributed by atoms with E-state index in [1.54, 1.807) is 51.4 Å². The molecule has 9 heteroatoms. The van der Waals surface area contributed by atoms with Gasteiger partial charge in [0.25, 0.3) is 0 Å². The minimum Gasteiger partial charge on any atom is -0.483 e. The molecular formula is C25H31NO8. The van der Waals surface area contributed by atoms with E-state index in [-0.39, 0.29) is 17.3 Å². The van der Waals surface area contributed by atoms with Gasteiger partial charge in [-0.3, -0.25) is 14.6 Å². The number of ether oxygens (including phenoxy) is 4. The van der Waals surface area contributed by atoms with Crippen molar-refractivity contribution in [2.24, 2.45) is 11.8 Å². The molecule has 184 valence electrons. The summed E-state index contributed by atoms with van der Waals surface area (Å²) in [4.78, 5) is 27.8. The number of aliphatic hydroxyl groups excluding tert-OH is 2. The first-order valence-corrected chi connectivity index (χ1v) is 11.4. The molecule has 0 aromatic carbocycles. The lowest BCUT2D eigenvalue weighted by molar-refractivity contribution is -0.222. The monoisotopic (exact) mass is 473 g/mol. The first-order valence-electron chi connectivity index (χ1n) is 11.4. The van der Waals surface area contributed by atoms with Crippen LogP contribution in [0.2, 0.25) is 0 Å². The molecule has 2 aliphatic heterocycles. The maximum Gasteiger partial charge on any atom is 0.303 e. The summed E-state index contributed by atoms with van der Waals surface area (Å²) in [5.74, 6) is -1.07. The zero-order chi connectivity index (χ0) is 24.8. The van der Waals surface area contributed by atoms with Gasteiger partial charge in [0.05, 0.1) is 11.7 Å². The average molecular weight is 474 g/mol. The molecule has 3 aliphatic rings. The average Bonchev–Trinajstić information content (AvgIpc) is 2.73. The molecule has 4 rings (SSSR count). The molecule has 1 unspecified atom stereocenters. The van der Waals surface area contributed by atoms with E-state index in [0.29, 0.717) is 24.2 Å². The Labute approximate surface area is 198 Å². The Kier molecular flexibility index (Phi) is 6.20. The summed E-state index contributed by atoms with van der Waals surface area (Å²) >= 11 is 0. The van der Waals surface area contributed by atoms with Crippen molar-refractivity contribution >= 4 is 17.7 Å². The zero-order valence-corrected chi connectivity index (χ0v) is 20.0. The predicted molar refractivity (Wildman–Crippen MR) is 119 cm³/mol. The van der Waals surface area contributed by atoms with Gasteiger partial charge in [0.15, 0.2) is 0 Å². The van der Waals surface area contributed by atoms with Crippen LogP contribution in [0.15, 0.2) is 41.9 Å². The summed E-state index contributed by atoms with van der Waals surface area (Å²) in [6.07, 6.45) is 2.34. The predicted octanol–water partition coefficient (Wildman–Crippen LogP) is 2.47. The molecular weight excluding hydrogens is 442 g/mol. The normalized spacial score (nSPS) is 32.9. The number of esters is 2. The highest BCUT2D eigenvalue weighted by molar-refractivity contribution is 5.67. The third-order valence-electron chi connectivity index (χ3n) is 7.14. The van der Waals surface area contributed by atoms with Crippen LogP contribution in [-0.4, -0.2) is 56.8 Å². The van der Waals surface area contributed by atoms with Gasteiger partial charge in [-0.15, -0.1) is 0 Å². The highest BCUT2D eigenvalue weighted by Gasteiger charge is 2.60. The summed E-state index contributed by atoms with van der Waals surface area (Å²) in [6.45, 7) is 8.06. The van der Waals surface area contributed by atoms with Crippen LogP contribution in [0.3, 0.4) is 0 Å². The number of allylic oxidation sites excluding steroid dienone is 1. The Morgan fingerprint density at radius 2 is 1.94 bits per heavy atom. The summed E-state index contributed by atoms with van der Waals surface area (Å²) in [5.41, 5.74) is -1.10. The topological polar surface area (TPSA) is 124 Å². The molecule has 9 nitrogen and oxygen atoms in total. The van der Waals surface area contributed by atoms with Gasteiger partial charge in [0, 0.05) is 49.7 Å². The third-order valence-corrected chi connectivity index (χ3v) is 7.14. The fourth-order valence-corrected chi connectivity index (χ4v) is 5.37. The SMILES string of the molecule is CC(=O)O[C@H]1C[C@@H](C(C)(C)OC(C)=O)C[C@H]2[C@H](O)C3=C(C=C(c4cccnc4)OC3O)O[C@]12C. The van der Waals surface area contributed by atoms with Crippen molar-refractivity contribution in [3.05, 3.63) is 47.5 Å². The number of aliphatic hydroxyl groups is 2. The minimum absolute atomic E-state index is 0.211. The van der Waals surface area contributed by atoms with Crippen LogP contribution in [0, 0.1) is 11.8 Å². The smallest absolute Gasteiger partial charge is 0.303 e. The molecule has 34 heavy (non-hydrogen) atoms. The summed E-state index contributed by atoms with van der Waals surface area (Å²) in [7, 11) is 0. The Balaban J connectivity index is 1.74. The molecule has 0 radical (unpaired) electrons. The molecule has 0 spiro atoms. The quantitative estimate of drug-likeness (QED) is 0.635. The van der Waals surface area contributed by atoms with E-state index in [4.69, 9.17) is 18.9 Å². The van der Waals surface area contributed by atoms with Crippen LogP contribution in [0.5, 0.6) is 0 Å². The zero-order valence-electron chi connectivity index (χ0n) is 20.0. The van der Waals surface area contributed by atoms with E-state index in [1.807, 2.05) is 0 Å². The lowest BCUT2D eigenvalue weighted by Gasteiger charge is -2.55. The van der Waals surface area contributed by atoms with Crippen molar-refractivity contribution in [1.82, 2.24) is 4.98 Å². The maximum atomic E-state index is 12.0. The first kappa shape index (κ1) is 24.2. The van der Waals surface area contributed by atoms with E-state index < -0.39 is 47.6 Å². The van der Waals surface area contributed by atoms with Crippen LogP contribution in [0.4, 0.5) is 0 Å². The summed E-state index contributed by atoms with van der Waals surface area (Å²) in [5, 5.41) is 22.2.